The summed E-state index contributed by atoms with van der Waals surface area (Å²) in [6.45, 7) is 1.32. The van der Waals surface area contributed by atoms with Crippen LogP contribution in [0.4, 0.5) is 0 Å². The lowest BCUT2D eigenvalue weighted by atomic mass is 10.1. The third-order valence-corrected chi connectivity index (χ3v) is 4.26. The summed E-state index contributed by atoms with van der Waals surface area (Å²) in [4.78, 5) is 41.3. The number of nitrogens with one attached hydrogen (secondary N) is 1. The highest BCUT2D eigenvalue weighted by Crippen LogP contribution is 2.23. The molecule has 0 unspecified atom stereocenters. The number of carbonyl (C=O) groups is 2. The fourth-order valence-corrected chi connectivity index (χ4v) is 2.92. The molecule has 1 amide bonds. The molecule has 1 atom stereocenters. The van der Waals surface area contributed by atoms with Crippen LogP contribution in [0.15, 0.2) is 53.5 Å². The van der Waals surface area contributed by atoms with E-state index in [0.29, 0.717) is 18.7 Å². The molecule has 1 aromatic carbocycles. The minimum Gasteiger partial charge on any atom is -0.444 e. The molecule has 2 heterocycles. The normalized spacial score (nSPS) is 15.4. The van der Waals surface area contributed by atoms with E-state index < -0.39 is 17.6 Å². The van der Waals surface area contributed by atoms with Crippen molar-refractivity contribution in [2.45, 2.75) is 25.4 Å². The van der Waals surface area contributed by atoms with Crippen molar-refractivity contribution in [2.75, 3.05) is 13.1 Å². The minimum absolute atomic E-state index is 0.116. The summed E-state index contributed by atoms with van der Waals surface area (Å²) in [7, 11) is 0. The van der Waals surface area contributed by atoms with Gasteiger partial charge < -0.3 is 14.6 Å². The molecule has 1 fully saturated rings. The van der Waals surface area contributed by atoms with Gasteiger partial charge >= 0.3 is 5.97 Å². The fourth-order valence-electron chi connectivity index (χ4n) is 2.92. The van der Waals surface area contributed by atoms with E-state index in [0.717, 1.165) is 19.3 Å². The van der Waals surface area contributed by atoms with E-state index in [4.69, 9.17) is 4.74 Å². The number of H-pyrrole nitrogens is 1. The van der Waals surface area contributed by atoms with Crippen molar-refractivity contribution >= 4 is 11.9 Å². The molecule has 0 aliphatic carbocycles. The Balaban J connectivity index is 1.86. The van der Waals surface area contributed by atoms with Crippen LogP contribution in [0.5, 0.6) is 0 Å². The number of aromatic nitrogens is 1. The van der Waals surface area contributed by atoms with E-state index in [1.165, 1.54) is 12.3 Å². The Morgan fingerprint density at radius 1 is 1.00 bits per heavy atom. The van der Waals surface area contributed by atoms with Gasteiger partial charge in [0.15, 0.2) is 0 Å². The van der Waals surface area contributed by atoms with Gasteiger partial charge in [0.1, 0.15) is 5.56 Å². The van der Waals surface area contributed by atoms with Crippen molar-refractivity contribution in [2.24, 2.45) is 0 Å². The number of benzene rings is 1. The van der Waals surface area contributed by atoms with E-state index in [1.54, 1.807) is 35.2 Å². The van der Waals surface area contributed by atoms with Crippen LogP contribution in [0.1, 0.15) is 41.3 Å². The van der Waals surface area contributed by atoms with Crippen molar-refractivity contribution in [3.63, 3.8) is 0 Å². The van der Waals surface area contributed by atoms with Gasteiger partial charge in [0.05, 0.1) is 0 Å². The van der Waals surface area contributed by atoms with Crippen LogP contribution in [0.25, 0.3) is 0 Å². The molecule has 6 heteroatoms. The molecular weight excluding hydrogens is 320 g/mol. The van der Waals surface area contributed by atoms with E-state index in [1.807, 2.05) is 6.07 Å². The van der Waals surface area contributed by atoms with Gasteiger partial charge in [-0.15, -0.1) is 0 Å². The van der Waals surface area contributed by atoms with Gasteiger partial charge in [-0.1, -0.05) is 30.3 Å². The second kappa shape index (κ2) is 7.79. The Morgan fingerprint density at radius 3 is 2.40 bits per heavy atom. The zero-order valence-electron chi connectivity index (χ0n) is 13.8. The number of hydrogen-bond donors (Lipinski definition) is 1. The number of piperidine rings is 1. The number of rotatable bonds is 4. The van der Waals surface area contributed by atoms with Crippen LogP contribution in [-0.4, -0.2) is 34.8 Å². The molecule has 0 spiro atoms. The third kappa shape index (κ3) is 3.96. The number of likely N-dealkylation sites (tertiary alicyclic amines) is 1. The summed E-state index contributed by atoms with van der Waals surface area (Å²) in [6.07, 6.45) is 3.37. The Bertz CT molecular complexity index is 794. The standard InChI is InChI=1S/C19H20N2O4/c22-17-15(10-7-11-20-17)19(24)25-16(14-8-3-1-4-9-14)18(23)21-12-5-2-6-13-21/h1,3-4,7-11,16H,2,5-6,12-13H2,(H,20,22)/t16-/m1/s1. The predicted molar refractivity (Wildman–Crippen MR) is 92.1 cm³/mol. The zero-order valence-corrected chi connectivity index (χ0v) is 13.8. The number of carbonyl (C=O) groups excluding carboxylic acids is 2. The van der Waals surface area contributed by atoms with Crippen LogP contribution >= 0.6 is 0 Å². The number of esters is 1. The number of pyridine rings is 1. The summed E-state index contributed by atoms with van der Waals surface area (Å²) in [5.41, 5.74) is -0.0570. The maximum Gasteiger partial charge on any atom is 0.344 e. The number of ether oxygens (including phenoxy) is 1. The molecule has 1 saturated heterocycles. The second-order valence-corrected chi connectivity index (χ2v) is 5.99. The predicted octanol–water partition coefficient (Wildman–Crippen LogP) is 2.29. The quantitative estimate of drug-likeness (QED) is 0.866. The Kier molecular flexibility index (Phi) is 5.28. The van der Waals surface area contributed by atoms with E-state index in [-0.39, 0.29) is 11.5 Å². The fraction of sp³-hybridized carbons (Fsp3) is 0.316. The summed E-state index contributed by atoms with van der Waals surface area (Å²) in [5, 5.41) is 0. The molecule has 6 nitrogen and oxygen atoms in total. The largest absolute Gasteiger partial charge is 0.444 e. The van der Waals surface area contributed by atoms with Gasteiger partial charge in [0.2, 0.25) is 6.10 Å². The lowest BCUT2D eigenvalue weighted by Gasteiger charge is -2.30. The van der Waals surface area contributed by atoms with Crippen LogP contribution in [-0.2, 0) is 9.53 Å². The first-order valence-electron chi connectivity index (χ1n) is 8.39. The van der Waals surface area contributed by atoms with E-state index in [9.17, 15) is 14.4 Å². The maximum absolute atomic E-state index is 12.9. The molecule has 1 aliphatic rings. The summed E-state index contributed by atoms with van der Waals surface area (Å²) in [6, 6.07) is 11.8. The van der Waals surface area contributed by atoms with Gasteiger partial charge in [-0.3, -0.25) is 9.59 Å². The number of amides is 1. The molecule has 0 radical (unpaired) electrons. The second-order valence-electron chi connectivity index (χ2n) is 5.99. The molecule has 130 valence electrons. The highest BCUT2D eigenvalue weighted by Gasteiger charge is 2.31. The SMILES string of the molecule is O=C(O[C@@H](C(=O)N1CCCCC1)c1ccccc1)c1ccc[nH]c1=O. The Hall–Kier alpha value is -2.89. The lowest BCUT2D eigenvalue weighted by molar-refractivity contribution is -0.142. The molecule has 3 rings (SSSR count). The lowest BCUT2D eigenvalue weighted by Crippen LogP contribution is -2.40. The monoisotopic (exact) mass is 340 g/mol. The summed E-state index contributed by atoms with van der Waals surface area (Å²) < 4.78 is 5.47. The van der Waals surface area contributed by atoms with Gasteiger partial charge in [0, 0.05) is 24.8 Å². The van der Waals surface area contributed by atoms with Gasteiger partial charge in [-0.05, 0) is 31.4 Å². The molecule has 25 heavy (non-hydrogen) atoms. The molecule has 0 bridgehead atoms. The zero-order chi connectivity index (χ0) is 17.6. The van der Waals surface area contributed by atoms with E-state index >= 15 is 0 Å². The molecule has 2 aromatic rings. The number of nitrogens with zero attached hydrogens (tertiary/aromatic N) is 1. The molecule has 1 aromatic heterocycles. The van der Waals surface area contributed by atoms with Gasteiger partial charge in [0.25, 0.3) is 11.5 Å². The van der Waals surface area contributed by atoms with Crippen molar-refractivity contribution in [3.8, 4) is 0 Å². The first kappa shape index (κ1) is 17.0. The van der Waals surface area contributed by atoms with Crippen LogP contribution in [0.3, 0.4) is 0 Å². The van der Waals surface area contributed by atoms with Crippen LogP contribution in [0.2, 0.25) is 0 Å². The van der Waals surface area contributed by atoms with E-state index in [2.05, 4.69) is 4.98 Å². The smallest absolute Gasteiger partial charge is 0.344 e. The highest BCUT2D eigenvalue weighted by atomic mass is 16.5. The number of aromatic amines is 1. The van der Waals surface area contributed by atoms with Gasteiger partial charge in [-0.2, -0.15) is 0 Å². The van der Waals surface area contributed by atoms with Crippen molar-refractivity contribution in [3.05, 3.63) is 70.1 Å². The minimum atomic E-state index is -1.05. The van der Waals surface area contributed by atoms with Crippen molar-refractivity contribution in [1.82, 2.24) is 9.88 Å². The third-order valence-electron chi connectivity index (χ3n) is 4.26. The first-order valence-corrected chi connectivity index (χ1v) is 8.39. The molecule has 1 N–H and O–H groups in total. The molecular formula is C19H20N2O4. The average Bonchev–Trinajstić information content (AvgIpc) is 2.67. The maximum atomic E-state index is 12.9. The summed E-state index contributed by atoms with van der Waals surface area (Å²) in [5.74, 6) is -1.05. The van der Waals surface area contributed by atoms with Crippen molar-refractivity contribution < 1.29 is 14.3 Å². The van der Waals surface area contributed by atoms with Gasteiger partial charge in [-0.25, -0.2) is 4.79 Å². The summed E-state index contributed by atoms with van der Waals surface area (Å²) >= 11 is 0. The van der Waals surface area contributed by atoms with Crippen LogP contribution in [0, 0.1) is 0 Å². The molecule has 1 aliphatic heterocycles. The first-order chi connectivity index (χ1) is 12.2. The van der Waals surface area contributed by atoms with Crippen molar-refractivity contribution in [1.29, 1.82) is 0 Å². The Morgan fingerprint density at radius 2 is 1.72 bits per heavy atom. The Labute approximate surface area is 145 Å². The average molecular weight is 340 g/mol. The number of hydrogen-bond acceptors (Lipinski definition) is 4. The van der Waals surface area contributed by atoms with Crippen LogP contribution < -0.4 is 5.56 Å². The highest BCUT2D eigenvalue weighted by molar-refractivity contribution is 5.92. The topological polar surface area (TPSA) is 79.5 Å². The molecule has 0 saturated carbocycles.